The van der Waals surface area contributed by atoms with Gasteiger partial charge in [-0.2, -0.15) is 0 Å². The number of nitrogens with zero attached hydrogens (tertiary/aromatic N) is 2. The number of halogens is 2. The van der Waals surface area contributed by atoms with E-state index in [9.17, 15) is 8.78 Å². The van der Waals surface area contributed by atoms with Crippen molar-refractivity contribution in [2.45, 2.75) is 25.6 Å². The van der Waals surface area contributed by atoms with E-state index >= 15 is 0 Å². The second kappa shape index (κ2) is 8.98. The predicted molar refractivity (Wildman–Crippen MR) is 114 cm³/mol. The molecule has 0 radical (unpaired) electrons. The van der Waals surface area contributed by atoms with Gasteiger partial charge in [-0.1, -0.05) is 12.1 Å². The molecule has 1 unspecified atom stereocenters. The van der Waals surface area contributed by atoms with E-state index in [1.165, 1.54) is 18.2 Å². The summed E-state index contributed by atoms with van der Waals surface area (Å²) in [4.78, 5) is 2.09. The SMILES string of the molecule is COc1ccc(CN2CCCn3cccc3C2c2c(F)cccc2F)c(OC)c1OC. The van der Waals surface area contributed by atoms with Gasteiger partial charge in [0.1, 0.15) is 11.6 Å². The quantitative estimate of drug-likeness (QED) is 0.566. The number of aryl methyl sites for hydroxylation is 1. The van der Waals surface area contributed by atoms with Crippen LogP contribution in [0.4, 0.5) is 8.78 Å². The lowest BCUT2D eigenvalue weighted by Gasteiger charge is -2.31. The maximum absolute atomic E-state index is 14.9. The molecule has 0 amide bonds. The van der Waals surface area contributed by atoms with Crippen molar-refractivity contribution in [2.75, 3.05) is 27.9 Å². The zero-order valence-electron chi connectivity index (χ0n) is 17.9. The van der Waals surface area contributed by atoms with Crippen LogP contribution < -0.4 is 14.2 Å². The Morgan fingerprint density at radius 1 is 0.871 bits per heavy atom. The molecule has 3 aromatic rings. The van der Waals surface area contributed by atoms with Crippen molar-refractivity contribution in [2.24, 2.45) is 0 Å². The van der Waals surface area contributed by atoms with Gasteiger partial charge in [-0.05, 0) is 36.8 Å². The summed E-state index contributed by atoms with van der Waals surface area (Å²) in [5.41, 5.74) is 1.77. The summed E-state index contributed by atoms with van der Waals surface area (Å²) in [5.74, 6) is 0.501. The van der Waals surface area contributed by atoms with E-state index in [2.05, 4.69) is 9.47 Å². The average molecular weight is 428 g/mol. The van der Waals surface area contributed by atoms with E-state index in [0.29, 0.717) is 30.3 Å². The Kier molecular flexibility index (Phi) is 6.13. The summed E-state index contributed by atoms with van der Waals surface area (Å²) in [6, 6.07) is 11.0. The molecule has 1 atom stereocenters. The number of ether oxygens (including phenoxy) is 3. The average Bonchev–Trinajstić information content (AvgIpc) is 3.16. The van der Waals surface area contributed by atoms with Crippen LogP contribution in [0.2, 0.25) is 0 Å². The molecule has 1 aromatic heterocycles. The van der Waals surface area contributed by atoms with Gasteiger partial charge in [-0.3, -0.25) is 4.90 Å². The molecule has 0 saturated heterocycles. The first kappa shape index (κ1) is 21.2. The Balaban J connectivity index is 1.82. The number of hydrogen-bond donors (Lipinski definition) is 0. The third kappa shape index (κ3) is 3.85. The Bertz CT molecular complexity index is 1050. The first-order valence-electron chi connectivity index (χ1n) is 10.2. The van der Waals surface area contributed by atoms with Gasteiger partial charge < -0.3 is 18.8 Å². The minimum absolute atomic E-state index is 0.0591. The molecule has 1 aliphatic heterocycles. The normalized spacial score (nSPS) is 16.5. The van der Waals surface area contributed by atoms with Crippen LogP contribution in [-0.4, -0.2) is 37.3 Å². The molecule has 31 heavy (non-hydrogen) atoms. The number of methoxy groups -OCH3 is 3. The van der Waals surface area contributed by atoms with Crippen LogP contribution in [-0.2, 0) is 13.1 Å². The van der Waals surface area contributed by atoms with Gasteiger partial charge in [-0.15, -0.1) is 0 Å². The summed E-state index contributed by atoms with van der Waals surface area (Å²) in [7, 11) is 4.69. The molecular weight excluding hydrogens is 402 g/mol. The zero-order chi connectivity index (χ0) is 22.0. The summed E-state index contributed by atoms with van der Waals surface area (Å²) in [5, 5.41) is 0. The molecule has 0 spiro atoms. The number of benzene rings is 2. The van der Waals surface area contributed by atoms with E-state index in [1.54, 1.807) is 21.3 Å². The number of aromatic nitrogens is 1. The van der Waals surface area contributed by atoms with Crippen LogP contribution in [0.25, 0.3) is 0 Å². The van der Waals surface area contributed by atoms with Gasteiger partial charge in [0.25, 0.3) is 0 Å². The van der Waals surface area contributed by atoms with Crippen LogP contribution in [0.5, 0.6) is 17.2 Å². The van der Waals surface area contributed by atoms with Crippen LogP contribution in [0.1, 0.15) is 29.3 Å². The Morgan fingerprint density at radius 2 is 1.61 bits per heavy atom. The Morgan fingerprint density at radius 3 is 2.29 bits per heavy atom. The van der Waals surface area contributed by atoms with E-state index < -0.39 is 17.7 Å². The highest BCUT2D eigenvalue weighted by Crippen LogP contribution is 2.42. The molecule has 0 N–H and O–H groups in total. The maximum atomic E-state index is 14.9. The number of rotatable bonds is 6. The van der Waals surface area contributed by atoms with Gasteiger partial charge in [0.15, 0.2) is 11.5 Å². The summed E-state index contributed by atoms with van der Waals surface area (Å²) < 4.78 is 48.4. The fraction of sp³-hybridized carbons (Fsp3) is 0.333. The van der Waals surface area contributed by atoms with Crippen molar-refractivity contribution in [1.29, 1.82) is 0 Å². The van der Waals surface area contributed by atoms with Crippen molar-refractivity contribution in [1.82, 2.24) is 9.47 Å². The van der Waals surface area contributed by atoms with Gasteiger partial charge in [0.2, 0.25) is 5.75 Å². The monoisotopic (exact) mass is 428 g/mol. The highest BCUT2D eigenvalue weighted by atomic mass is 19.1. The summed E-state index contributed by atoms with van der Waals surface area (Å²) >= 11 is 0. The third-order valence-corrected chi connectivity index (χ3v) is 5.79. The van der Waals surface area contributed by atoms with Crippen molar-refractivity contribution in [3.63, 3.8) is 0 Å². The smallest absolute Gasteiger partial charge is 0.203 e. The van der Waals surface area contributed by atoms with Crippen LogP contribution in [0, 0.1) is 11.6 Å². The molecule has 164 valence electrons. The predicted octanol–water partition coefficient (Wildman–Crippen LogP) is 4.79. The largest absolute Gasteiger partial charge is 0.493 e. The highest BCUT2D eigenvalue weighted by molar-refractivity contribution is 5.55. The highest BCUT2D eigenvalue weighted by Gasteiger charge is 2.32. The standard InChI is InChI=1S/C24H26F2N2O3/c1-29-20-11-10-16(23(30-2)24(20)31-3)15-28-14-6-13-27-12-5-9-19(27)22(28)21-17(25)7-4-8-18(21)26/h4-5,7-12,22H,6,13-15H2,1-3H3. The molecule has 5 nitrogen and oxygen atoms in total. The first-order valence-corrected chi connectivity index (χ1v) is 10.2. The second-order valence-electron chi connectivity index (χ2n) is 7.48. The van der Waals surface area contributed by atoms with Crippen molar-refractivity contribution in [3.05, 3.63) is 77.1 Å². The first-order chi connectivity index (χ1) is 15.1. The lowest BCUT2D eigenvalue weighted by molar-refractivity contribution is 0.208. The molecule has 0 aliphatic carbocycles. The molecule has 4 rings (SSSR count). The number of hydrogen-bond acceptors (Lipinski definition) is 4. The molecule has 2 heterocycles. The fourth-order valence-corrected chi connectivity index (χ4v) is 4.42. The minimum Gasteiger partial charge on any atom is -0.493 e. The van der Waals surface area contributed by atoms with Crippen molar-refractivity contribution >= 4 is 0 Å². The number of fused-ring (bicyclic) bond motifs is 1. The van der Waals surface area contributed by atoms with Gasteiger partial charge in [-0.25, -0.2) is 8.78 Å². The lowest BCUT2D eigenvalue weighted by Crippen LogP contribution is -2.31. The van der Waals surface area contributed by atoms with E-state index in [0.717, 1.165) is 24.2 Å². The van der Waals surface area contributed by atoms with Gasteiger partial charge in [0, 0.05) is 42.7 Å². The topological polar surface area (TPSA) is 35.9 Å². The van der Waals surface area contributed by atoms with Crippen molar-refractivity contribution < 1.29 is 23.0 Å². The Labute approximate surface area is 180 Å². The van der Waals surface area contributed by atoms with Crippen LogP contribution in [0.15, 0.2) is 48.7 Å². The summed E-state index contributed by atoms with van der Waals surface area (Å²) in [6.07, 6.45) is 2.81. The molecule has 0 saturated carbocycles. The van der Waals surface area contributed by atoms with Crippen molar-refractivity contribution in [3.8, 4) is 17.2 Å². The lowest BCUT2D eigenvalue weighted by atomic mass is 9.99. The minimum atomic E-state index is -0.573. The zero-order valence-corrected chi connectivity index (χ0v) is 17.9. The van der Waals surface area contributed by atoms with E-state index in [1.807, 2.05) is 30.5 Å². The van der Waals surface area contributed by atoms with E-state index in [4.69, 9.17) is 14.2 Å². The van der Waals surface area contributed by atoms with Crippen LogP contribution >= 0.6 is 0 Å². The molecule has 1 aliphatic rings. The van der Waals surface area contributed by atoms with Gasteiger partial charge >= 0.3 is 0 Å². The summed E-state index contributed by atoms with van der Waals surface area (Å²) in [6.45, 7) is 1.87. The molecule has 2 aromatic carbocycles. The third-order valence-electron chi connectivity index (χ3n) is 5.79. The molecule has 0 fully saturated rings. The van der Waals surface area contributed by atoms with E-state index in [-0.39, 0.29) is 5.56 Å². The molecule has 7 heteroatoms. The maximum Gasteiger partial charge on any atom is 0.203 e. The fourth-order valence-electron chi connectivity index (χ4n) is 4.42. The van der Waals surface area contributed by atoms with Crippen LogP contribution in [0.3, 0.4) is 0 Å². The second-order valence-corrected chi connectivity index (χ2v) is 7.48. The molecule has 0 bridgehead atoms. The Hall–Kier alpha value is -3.06. The van der Waals surface area contributed by atoms with Gasteiger partial charge in [0.05, 0.1) is 27.4 Å². The molecular formula is C24H26F2N2O3.